The fourth-order valence-electron chi connectivity index (χ4n) is 5.96. The molecule has 2 aromatic rings. The molecular formula is C29H36FN3O2. The maximum Gasteiger partial charge on any atom is 0.235 e. The molecule has 0 radical (unpaired) electrons. The van der Waals surface area contributed by atoms with E-state index in [1.807, 2.05) is 42.2 Å². The van der Waals surface area contributed by atoms with Crippen LogP contribution in [0.1, 0.15) is 62.1 Å². The average Bonchev–Trinajstić information content (AvgIpc) is 3.50. The van der Waals surface area contributed by atoms with Gasteiger partial charge in [0.2, 0.25) is 11.8 Å². The van der Waals surface area contributed by atoms with Crippen molar-refractivity contribution in [3.8, 4) is 0 Å². The van der Waals surface area contributed by atoms with Crippen LogP contribution in [0.2, 0.25) is 0 Å². The molecule has 0 bridgehead atoms. The van der Waals surface area contributed by atoms with Gasteiger partial charge in [0.1, 0.15) is 5.82 Å². The van der Waals surface area contributed by atoms with Gasteiger partial charge >= 0.3 is 0 Å². The number of benzene rings is 2. The van der Waals surface area contributed by atoms with Gasteiger partial charge in [0.15, 0.2) is 0 Å². The minimum absolute atomic E-state index is 0.0166. The van der Waals surface area contributed by atoms with Gasteiger partial charge in [-0.15, -0.1) is 0 Å². The number of carbonyl (C=O) groups is 2. The van der Waals surface area contributed by atoms with Crippen molar-refractivity contribution in [1.29, 1.82) is 0 Å². The topological polar surface area (TPSA) is 52.7 Å². The van der Waals surface area contributed by atoms with E-state index in [0.29, 0.717) is 30.2 Å². The fourth-order valence-corrected chi connectivity index (χ4v) is 5.96. The van der Waals surface area contributed by atoms with Gasteiger partial charge in [0, 0.05) is 49.4 Å². The molecule has 5 nitrogen and oxygen atoms in total. The molecule has 1 N–H and O–H groups in total. The number of halogens is 1. The fraction of sp³-hybridized carbons (Fsp3) is 0.517. The zero-order valence-corrected chi connectivity index (χ0v) is 20.9. The Morgan fingerprint density at radius 2 is 1.77 bits per heavy atom. The molecule has 1 heterocycles. The van der Waals surface area contributed by atoms with Gasteiger partial charge in [-0.1, -0.05) is 43.2 Å². The van der Waals surface area contributed by atoms with Gasteiger partial charge in [-0.05, 0) is 62.8 Å². The Labute approximate surface area is 207 Å². The van der Waals surface area contributed by atoms with Crippen molar-refractivity contribution in [2.24, 2.45) is 5.92 Å². The Bertz CT molecular complexity index is 1090. The Morgan fingerprint density at radius 3 is 2.43 bits per heavy atom. The summed E-state index contributed by atoms with van der Waals surface area (Å²) in [5.41, 5.74) is 2.64. The predicted octanol–water partition coefficient (Wildman–Crippen LogP) is 5.03. The van der Waals surface area contributed by atoms with Crippen LogP contribution in [0, 0.1) is 18.7 Å². The third kappa shape index (κ3) is 4.73. The van der Waals surface area contributed by atoms with E-state index in [1.165, 1.54) is 6.07 Å². The summed E-state index contributed by atoms with van der Waals surface area (Å²) in [7, 11) is 0. The number of anilines is 1. The summed E-state index contributed by atoms with van der Waals surface area (Å²) in [4.78, 5) is 30.4. The zero-order valence-electron chi connectivity index (χ0n) is 20.9. The van der Waals surface area contributed by atoms with Crippen LogP contribution in [0.25, 0.3) is 0 Å². The lowest BCUT2D eigenvalue weighted by atomic mass is 9.94. The molecule has 2 amide bonds. The molecule has 2 aliphatic carbocycles. The molecule has 1 unspecified atom stereocenters. The minimum atomic E-state index is -0.472. The second kappa shape index (κ2) is 9.73. The van der Waals surface area contributed by atoms with Crippen LogP contribution in [0.15, 0.2) is 42.5 Å². The number of piperazine rings is 1. The molecule has 2 aromatic carbocycles. The van der Waals surface area contributed by atoms with Gasteiger partial charge in [-0.3, -0.25) is 14.5 Å². The second-order valence-corrected chi connectivity index (χ2v) is 10.7. The van der Waals surface area contributed by atoms with E-state index in [-0.39, 0.29) is 23.7 Å². The van der Waals surface area contributed by atoms with Crippen LogP contribution < -0.4 is 5.32 Å². The van der Waals surface area contributed by atoms with Crippen molar-refractivity contribution in [3.63, 3.8) is 0 Å². The highest BCUT2D eigenvalue weighted by molar-refractivity contribution is 6.02. The second-order valence-electron chi connectivity index (χ2n) is 10.7. The van der Waals surface area contributed by atoms with Crippen LogP contribution in [-0.2, 0) is 21.5 Å². The van der Waals surface area contributed by atoms with E-state index in [9.17, 15) is 14.0 Å². The van der Waals surface area contributed by atoms with Crippen LogP contribution in [-0.4, -0.2) is 47.3 Å². The number of rotatable bonds is 6. The first-order chi connectivity index (χ1) is 16.9. The van der Waals surface area contributed by atoms with Crippen molar-refractivity contribution < 1.29 is 14.0 Å². The van der Waals surface area contributed by atoms with E-state index in [1.54, 1.807) is 6.07 Å². The lowest BCUT2D eigenvalue weighted by molar-refractivity contribution is -0.140. The van der Waals surface area contributed by atoms with Crippen molar-refractivity contribution in [1.82, 2.24) is 9.80 Å². The summed E-state index contributed by atoms with van der Waals surface area (Å²) >= 11 is 0. The standard InChI is InChI=1S/C29H36FN3O2/c1-20-18-32(16-17-33(20)27(34)22-8-6-7-9-22)19-24-21(2)26(13-12-25(24)30)31-28(35)29(14-15-29)23-10-4-3-5-11-23/h3-5,10-13,20,22H,6-9,14-19H2,1-2H3,(H,31,35). The lowest BCUT2D eigenvalue weighted by Gasteiger charge is -2.41. The van der Waals surface area contributed by atoms with Crippen molar-refractivity contribution in [3.05, 3.63) is 65.0 Å². The molecule has 0 spiro atoms. The van der Waals surface area contributed by atoms with Crippen LogP contribution >= 0.6 is 0 Å². The van der Waals surface area contributed by atoms with Gasteiger partial charge < -0.3 is 10.2 Å². The molecule has 5 rings (SSSR count). The lowest BCUT2D eigenvalue weighted by Crippen LogP contribution is -2.54. The number of nitrogens with zero attached hydrogens (tertiary/aromatic N) is 2. The monoisotopic (exact) mass is 477 g/mol. The van der Waals surface area contributed by atoms with E-state index in [4.69, 9.17) is 0 Å². The largest absolute Gasteiger partial charge is 0.337 e. The number of carbonyl (C=O) groups excluding carboxylic acids is 2. The first-order valence-electron chi connectivity index (χ1n) is 13.1. The highest BCUT2D eigenvalue weighted by atomic mass is 19.1. The smallest absolute Gasteiger partial charge is 0.235 e. The Kier molecular flexibility index (Phi) is 6.67. The molecule has 186 valence electrons. The number of hydrogen-bond donors (Lipinski definition) is 1. The SMILES string of the molecule is Cc1c(NC(=O)C2(c3ccccc3)CC2)ccc(F)c1CN1CCN(C(=O)C2CCCC2)C(C)C1. The maximum absolute atomic E-state index is 14.9. The van der Waals surface area contributed by atoms with Crippen LogP contribution in [0.3, 0.4) is 0 Å². The highest BCUT2D eigenvalue weighted by Crippen LogP contribution is 2.49. The van der Waals surface area contributed by atoms with E-state index in [0.717, 1.165) is 62.7 Å². The number of hydrogen-bond acceptors (Lipinski definition) is 3. The summed E-state index contributed by atoms with van der Waals surface area (Å²) in [6.45, 7) is 6.60. The van der Waals surface area contributed by atoms with E-state index >= 15 is 0 Å². The molecule has 35 heavy (non-hydrogen) atoms. The molecule has 1 aliphatic heterocycles. The molecule has 1 atom stereocenters. The van der Waals surface area contributed by atoms with E-state index < -0.39 is 5.41 Å². The van der Waals surface area contributed by atoms with Gasteiger partial charge in [-0.2, -0.15) is 0 Å². The van der Waals surface area contributed by atoms with Gasteiger partial charge in [0.25, 0.3) is 0 Å². The normalized spacial score (nSPS) is 22.3. The first-order valence-corrected chi connectivity index (χ1v) is 13.1. The molecule has 3 aliphatic rings. The van der Waals surface area contributed by atoms with Crippen LogP contribution in [0.5, 0.6) is 0 Å². The molecule has 3 fully saturated rings. The summed E-state index contributed by atoms with van der Waals surface area (Å²) in [6, 6.07) is 13.2. The van der Waals surface area contributed by atoms with Crippen molar-refractivity contribution in [2.75, 3.05) is 25.0 Å². The zero-order chi connectivity index (χ0) is 24.6. The predicted molar refractivity (Wildman–Crippen MR) is 136 cm³/mol. The summed E-state index contributed by atoms with van der Waals surface area (Å²) in [6.07, 6.45) is 6.00. The Balaban J connectivity index is 1.26. The quantitative estimate of drug-likeness (QED) is 0.635. The first kappa shape index (κ1) is 24.0. The van der Waals surface area contributed by atoms with Gasteiger partial charge in [-0.25, -0.2) is 4.39 Å². The average molecular weight is 478 g/mol. The third-order valence-corrected chi connectivity index (χ3v) is 8.38. The molecular weight excluding hydrogens is 441 g/mol. The maximum atomic E-state index is 14.9. The Hall–Kier alpha value is -2.73. The van der Waals surface area contributed by atoms with E-state index in [2.05, 4.69) is 17.1 Å². The highest BCUT2D eigenvalue weighted by Gasteiger charge is 2.51. The summed E-state index contributed by atoms with van der Waals surface area (Å²) in [5.74, 6) is 0.225. The molecule has 1 saturated heterocycles. The number of nitrogens with one attached hydrogen (secondary N) is 1. The van der Waals surface area contributed by atoms with Crippen molar-refractivity contribution in [2.45, 2.75) is 70.4 Å². The summed E-state index contributed by atoms with van der Waals surface area (Å²) < 4.78 is 14.9. The minimum Gasteiger partial charge on any atom is -0.337 e. The van der Waals surface area contributed by atoms with Crippen LogP contribution in [0.4, 0.5) is 10.1 Å². The third-order valence-electron chi connectivity index (χ3n) is 8.38. The molecule has 2 saturated carbocycles. The summed E-state index contributed by atoms with van der Waals surface area (Å²) in [5, 5.41) is 3.10. The van der Waals surface area contributed by atoms with Crippen molar-refractivity contribution >= 4 is 17.5 Å². The molecule has 6 heteroatoms. The Morgan fingerprint density at radius 1 is 1.06 bits per heavy atom. The number of amides is 2. The molecule has 0 aromatic heterocycles. The van der Waals surface area contributed by atoms with Gasteiger partial charge in [0.05, 0.1) is 5.41 Å².